The van der Waals surface area contributed by atoms with Gasteiger partial charge < -0.3 is 9.47 Å². The molecule has 1 saturated heterocycles. The van der Waals surface area contributed by atoms with Crippen molar-refractivity contribution >= 4 is 29.2 Å². The van der Waals surface area contributed by atoms with Gasteiger partial charge in [0.25, 0.3) is 0 Å². The third-order valence-electron chi connectivity index (χ3n) is 5.48. The fourth-order valence-electron chi connectivity index (χ4n) is 3.58. The van der Waals surface area contributed by atoms with Gasteiger partial charge in [-0.3, -0.25) is 9.59 Å². The summed E-state index contributed by atoms with van der Waals surface area (Å²) >= 11 is 0. The topological polar surface area (TPSA) is 76.2 Å². The van der Waals surface area contributed by atoms with Crippen molar-refractivity contribution in [1.82, 2.24) is 0 Å². The number of carbonyl (C=O) groups excluding carboxylic acids is 3. The Morgan fingerprint density at radius 3 is 2.09 bits per heavy atom. The van der Waals surface area contributed by atoms with Crippen molar-refractivity contribution in [3.8, 4) is 11.5 Å². The number of anilines is 2. The second-order valence-electron chi connectivity index (χ2n) is 8.24. The van der Waals surface area contributed by atoms with Gasteiger partial charge in [0.1, 0.15) is 17.9 Å². The number of benzene rings is 2. The number of imide groups is 2. The van der Waals surface area contributed by atoms with Gasteiger partial charge in [0, 0.05) is 6.07 Å². The summed E-state index contributed by atoms with van der Waals surface area (Å²) in [5, 5.41) is 0. The molecule has 176 valence electrons. The molecule has 7 nitrogen and oxygen atoms in total. The molecule has 0 spiro atoms. The molecular weight excluding hydrogens is 420 g/mol. The number of amides is 4. The zero-order valence-corrected chi connectivity index (χ0v) is 19.8. The van der Waals surface area contributed by atoms with Gasteiger partial charge in [-0.05, 0) is 56.0 Å². The summed E-state index contributed by atoms with van der Waals surface area (Å²) in [6.45, 7) is 8.83. The van der Waals surface area contributed by atoms with Crippen molar-refractivity contribution in [2.24, 2.45) is 0 Å². The Bertz CT molecular complexity index is 1030. The van der Waals surface area contributed by atoms with Crippen LogP contribution in [0.1, 0.15) is 57.1 Å². The van der Waals surface area contributed by atoms with E-state index in [2.05, 4.69) is 13.8 Å². The highest BCUT2D eigenvalue weighted by Gasteiger charge is 2.41. The molecule has 1 heterocycles. The minimum Gasteiger partial charge on any atom is -0.494 e. The minimum absolute atomic E-state index is 0.290. The number of aryl methyl sites for hydroxylation is 2. The van der Waals surface area contributed by atoms with Gasteiger partial charge >= 0.3 is 6.03 Å². The molecule has 1 aliphatic rings. The molecule has 1 fully saturated rings. The van der Waals surface area contributed by atoms with Crippen LogP contribution < -0.4 is 19.3 Å². The lowest BCUT2D eigenvalue weighted by atomic mass is 10.1. The molecule has 33 heavy (non-hydrogen) atoms. The van der Waals surface area contributed by atoms with Crippen molar-refractivity contribution < 1.29 is 23.9 Å². The lowest BCUT2D eigenvalue weighted by molar-refractivity contribution is -0.126. The van der Waals surface area contributed by atoms with Gasteiger partial charge in [-0.2, -0.15) is 0 Å². The van der Waals surface area contributed by atoms with Crippen LogP contribution in [0.2, 0.25) is 0 Å². The van der Waals surface area contributed by atoms with Crippen molar-refractivity contribution in [2.75, 3.05) is 23.0 Å². The number of nitrogens with zero attached hydrogens (tertiary/aromatic N) is 2. The summed E-state index contributed by atoms with van der Waals surface area (Å²) in [6, 6.07) is 9.96. The zero-order valence-electron chi connectivity index (χ0n) is 19.8. The van der Waals surface area contributed by atoms with Crippen molar-refractivity contribution in [3.63, 3.8) is 0 Å². The molecule has 3 rings (SSSR count). The van der Waals surface area contributed by atoms with E-state index in [-0.39, 0.29) is 5.69 Å². The molecule has 0 N–H and O–H groups in total. The highest BCUT2D eigenvalue weighted by molar-refractivity contribution is 6.35. The van der Waals surface area contributed by atoms with Gasteiger partial charge in [0.15, 0.2) is 0 Å². The minimum atomic E-state index is -0.712. The van der Waals surface area contributed by atoms with Gasteiger partial charge in [-0.25, -0.2) is 14.6 Å². The Balaban J connectivity index is 2.02. The summed E-state index contributed by atoms with van der Waals surface area (Å²) in [5.41, 5.74) is 2.45. The van der Waals surface area contributed by atoms with Gasteiger partial charge in [0.05, 0.1) is 24.6 Å². The molecule has 0 aromatic heterocycles. The van der Waals surface area contributed by atoms with Gasteiger partial charge in [-0.1, -0.05) is 38.8 Å². The Morgan fingerprint density at radius 2 is 1.42 bits per heavy atom. The van der Waals surface area contributed by atoms with Crippen LogP contribution in [-0.2, 0) is 9.59 Å². The fourth-order valence-corrected chi connectivity index (χ4v) is 3.58. The Hall–Kier alpha value is -3.35. The van der Waals surface area contributed by atoms with Crippen molar-refractivity contribution in [2.45, 2.75) is 59.8 Å². The van der Waals surface area contributed by atoms with Crippen LogP contribution in [0, 0.1) is 13.8 Å². The summed E-state index contributed by atoms with van der Waals surface area (Å²) in [5.74, 6) is -0.184. The average molecular weight is 453 g/mol. The van der Waals surface area contributed by atoms with E-state index in [1.807, 2.05) is 26.0 Å². The summed E-state index contributed by atoms with van der Waals surface area (Å²) < 4.78 is 11.7. The number of ether oxygens (including phenoxy) is 2. The molecule has 0 radical (unpaired) electrons. The fraction of sp³-hybridized carbons (Fsp3) is 0.423. The van der Waals surface area contributed by atoms with E-state index >= 15 is 0 Å². The number of unbranched alkanes of at least 4 members (excludes halogenated alkanes) is 2. The maximum absolute atomic E-state index is 13.6. The van der Waals surface area contributed by atoms with Gasteiger partial charge in [0.2, 0.25) is 11.8 Å². The number of rotatable bonds is 10. The molecule has 2 aromatic rings. The van der Waals surface area contributed by atoms with Crippen LogP contribution in [0.4, 0.5) is 16.2 Å². The third kappa shape index (κ3) is 5.53. The SMILES string of the molecule is CCCCOc1ccc(OCCCC)c(N2C(=O)CC(=O)N(c3cc(C)ccc3C)C2=O)c1. The van der Waals surface area contributed by atoms with Crippen LogP contribution in [0.3, 0.4) is 0 Å². The standard InChI is InChI=1S/C26H32N2O5/c1-5-7-13-32-20-11-12-23(33-14-8-6-2)22(16-20)28-25(30)17-24(29)27(26(28)31)21-15-18(3)9-10-19(21)4/h9-12,15-16H,5-8,13-14,17H2,1-4H3. The number of hydrogen-bond acceptors (Lipinski definition) is 5. The van der Waals surface area contributed by atoms with Crippen molar-refractivity contribution in [3.05, 3.63) is 47.5 Å². The van der Waals surface area contributed by atoms with Crippen LogP contribution >= 0.6 is 0 Å². The molecule has 0 bridgehead atoms. The van der Waals surface area contributed by atoms with Crippen molar-refractivity contribution in [1.29, 1.82) is 0 Å². The Labute approximate surface area is 195 Å². The van der Waals surface area contributed by atoms with Crippen LogP contribution in [-0.4, -0.2) is 31.1 Å². The van der Waals surface area contributed by atoms with Gasteiger partial charge in [-0.15, -0.1) is 0 Å². The van der Waals surface area contributed by atoms with E-state index in [9.17, 15) is 14.4 Å². The first kappa shape index (κ1) is 24.3. The lowest BCUT2D eigenvalue weighted by Gasteiger charge is -2.34. The van der Waals surface area contributed by atoms with Crippen LogP contribution in [0.25, 0.3) is 0 Å². The zero-order chi connectivity index (χ0) is 24.0. The number of barbiturate groups is 1. The predicted molar refractivity (Wildman–Crippen MR) is 128 cm³/mol. The third-order valence-corrected chi connectivity index (χ3v) is 5.48. The van der Waals surface area contributed by atoms with E-state index < -0.39 is 24.3 Å². The first-order valence-electron chi connectivity index (χ1n) is 11.5. The molecular formula is C26H32N2O5. The maximum atomic E-state index is 13.6. The largest absolute Gasteiger partial charge is 0.494 e. The van der Waals surface area contributed by atoms with E-state index in [1.54, 1.807) is 24.3 Å². The summed E-state index contributed by atoms with van der Waals surface area (Å²) in [7, 11) is 0. The molecule has 2 aromatic carbocycles. The molecule has 0 saturated carbocycles. The van der Waals surface area contributed by atoms with E-state index in [0.29, 0.717) is 30.4 Å². The smallest absolute Gasteiger partial charge is 0.342 e. The lowest BCUT2D eigenvalue weighted by Crippen LogP contribution is -2.56. The number of urea groups is 1. The quantitative estimate of drug-likeness (QED) is 0.349. The van der Waals surface area contributed by atoms with Crippen LogP contribution in [0.5, 0.6) is 11.5 Å². The molecule has 0 unspecified atom stereocenters. The molecule has 7 heteroatoms. The Kier molecular flexibility index (Phi) is 8.09. The monoisotopic (exact) mass is 452 g/mol. The van der Waals surface area contributed by atoms with Crippen LogP contribution in [0.15, 0.2) is 36.4 Å². The predicted octanol–water partition coefficient (Wildman–Crippen LogP) is 5.55. The van der Waals surface area contributed by atoms with E-state index in [1.165, 1.54) is 0 Å². The first-order chi connectivity index (χ1) is 15.9. The summed E-state index contributed by atoms with van der Waals surface area (Å²) in [6.07, 6.45) is 3.25. The number of carbonyl (C=O) groups is 3. The molecule has 1 aliphatic heterocycles. The normalized spacial score (nSPS) is 14.1. The molecule has 4 amide bonds. The second kappa shape index (κ2) is 11.0. The first-order valence-corrected chi connectivity index (χ1v) is 11.5. The Morgan fingerprint density at radius 1 is 0.788 bits per heavy atom. The molecule has 0 aliphatic carbocycles. The molecule has 0 atom stereocenters. The maximum Gasteiger partial charge on any atom is 0.342 e. The van der Waals surface area contributed by atoms with E-state index in [4.69, 9.17) is 9.47 Å². The number of hydrogen-bond donors (Lipinski definition) is 0. The summed E-state index contributed by atoms with van der Waals surface area (Å²) in [4.78, 5) is 41.5. The highest BCUT2D eigenvalue weighted by atomic mass is 16.5. The highest BCUT2D eigenvalue weighted by Crippen LogP contribution is 2.37. The van der Waals surface area contributed by atoms with E-state index in [0.717, 1.165) is 46.6 Å². The average Bonchev–Trinajstić information content (AvgIpc) is 2.77. The second-order valence-corrected chi connectivity index (χ2v) is 8.24.